The molecule has 20 heavy (non-hydrogen) atoms. The van der Waals surface area contributed by atoms with E-state index in [0.29, 0.717) is 0 Å². The highest BCUT2D eigenvalue weighted by atomic mass is 16.3. The van der Waals surface area contributed by atoms with Gasteiger partial charge in [0.1, 0.15) is 5.60 Å². The van der Waals surface area contributed by atoms with E-state index in [1.165, 1.54) is 5.56 Å². The number of fused-ring (bicyclic) bond motifs is 1. The van der Waals surface area contributed by atoms with E-state index in [2.05, 4.69) is 25.6 Å². The summed E-state index contributed by atoms with van der Waals surface area (Å²) < 4.78 is 0. The van der Waals surface area contributed by atoms with Gasteiger partial charge in [0.15, 0.2) is 0 Å². The summed E-state index contributed by atoms with van der Waals surface area (Å²) in [6.45, 7) is 5.66. The number of rotatable bonds is 6. The summed E-state index contributed by atoms with van der Waals surface area (Å²) in [6.07, 6.45) is 7.33. The van der Waals surface area contributed by atoms with E-state index in [0.717, 1.165) is 36.8 Å². The van der Waals surface area contributed by atoms with Crippen LogP contribution in [-0.4, -0.2) is 22.4 Å². The van der Waals surface area contributed by atoms with Gasteiger partial charge in [-0.05, 0) is 36.0 Å². The molecule has 0 amide bonds. The van der Waals surface area contributed by atoms with Crippen molar-refractivity contribution in [1.82, 2.24) is 0 Å². The Hall–Kier alpha value is -1.38. The van der Waals surface area contributed by atoms with Crippen molar-refractivity contribution in [1.29, 1.82) is 0 Å². The van der Waals surface area contributed by atoms with Crippen molar-refractivity contribution in [3.05, 3.63) is 53.6 Å². The van der Waals surface area contributed by atoms with Gasteiger partial charge in [-0.3, -0.25) is 0 Å². The first kappa shape index (κ1) is 15.0. The van der Waals surface area contributed by atoms with Crippen molar-refractivity contribution in [2.24, 2.45) is 5.92 Å². The maximum atomic E-state index is 11.0. The Morgan fingerprint density at radius 3 is 2.75 bits per heavy atom. The van der Waals surface area contributed by atoms with Crippen LogP contribution in [0.3, 0.4) is 0 Å². The summed E-state index contributed by atoms with van der Waals surface area (Å²) in [7, 11) is 0. The zero-order valence-corrected chi connectivity index (χ0v) is 12.2. The molecule has 0 heterocycles. The van der Waals surface area contributed by atoms with Crippen LogP contribution in [-0.2, 0) is 6.42 Å². The second-order valence-corrected chi connectivity index (χ2v) is 5.58. The third-order valence-electron chi connectivity index (χ3n) is 4.34. The zero-order chi connectivity index (χ0) is 14.6. The summed E-state index contributed by atoms with van der Waals surface area (Å²) >= 11 is 0. The number of hydrogen-bond acceptors (Lipinski definition) is 2. The molecule has 0 bridgehead atoms. The average Bonchev–Trinajstić information content (AvgIpc) is 2.51. The Morgan fingerprint density at radius 1 is 1.35 bits per heavy atom. The zero-order valence-electron chi connectivity index (χ0n) is 12.2. The molecule has 0 fully saturated rings. The molecule has 108 valence electrons. The molecule has 0 saturated heterocycles. The molecule has 2 rings (SSSR count). The second-order valence-electron chi connectivity index (χ2n) is 5.58. The van der Waals surface area contributed by atoms with Crippen molar-refractivity contribution in [2.75, 3.05) is 6.61 Å². The van der Waals surface area contributed by atoms with Crippen LogP contribution in [0.2, 0.25) is 0 Å². The predicted molar refractivity (Wildman–Crippen MR) is 83.4 cm³/mol. The third kappa shape index (κ3) is 2.72. The summed E-state index contributed by atoms with van der Waals surface area (Å²) in [5.41, 5.74) is 2.21. The molecular weight excluding hydrogens is 248 g/mol. The van der Waals surface area contributed by atoms with Gasteiger partial charge >= 0.3 is 0 Å². The first-order valence-electron chi connectivity index (χ1n) is 7.40. The lowest BCUT2D eigenvalue weighted by Gasteiger charge is -2.37. The Balaban J connectivity index is 2.37. The number of aliphatic hydroxyl groups excluding tert-OH is 1. The molecule has 0 radical (unpaired) electrons. The number of aryl methyl sites for hydroxylation is 1. The lowest BCUT2D eigenvalue weighted by Crippen LogP contribution is -2.43. The van der Waals surface area contributed by atoms with Crippen molar-refractivity contribution in [2.45, 2.75) is 38.2 Å². The topological polar surface area (TPSA) is 40.5 Å². The van der Waals surface area contributed by atoms with Gasteiger partial charge < -0.3 is 10.2 Å². The number of aliphatic hydroxyl groups is 2. The van der Waals surface area contributed by atoms with Crippen molar-refractivity contribution in [3.63, 3.8) is 0 Å². The minimum absolute atomic E-state index is 0.103. The van der Waals surface area contributed by atoms with E-state index < -0.39 is 5.60 Å². The van der Waals surface area contributed by atoms with E-state index in [1.807, 2.05) is 18.2 Å². The van der Waals surface area contributed by atoms with Crippen molar-refractivity contribution < 1.29 is 10.2 Å². The molecule has 0 aromatic heterocycles. The van der Waals surface area contributed by atoms with E-state index in [4.69, 9.17) is 0 Å². The molecular formula is C18H24O2. The molecule has 2 N–H and O–H groups in total. The number of hydrogen-bond donors (Lipinski definition) is 2. The minimum atomic E-state index is -1.18. The van der Waals surface area contributed by atoms with Gasteiger partial charge in [0, 0.05) is 5.92 Å². The van der Waals surface area contributed by atoms with Gasteiger partial charge in [-0.1, -0.05) is 49.8 Å². The number of benzene rings is 1. The largest absolute Gasteiger partial charge is 0.393 e. The Kier molecular flexibility index (Phi) is 4.79. The molecule has 1 aliphatic rings. The van der Waals surface area contributed by atoms with E-state index in [-0.39, 0.29) is 12.5 Å². The standard InChI is InChI=1S/C18H24O2/c1-3-7-16(4-2)18(20,13-19)17-11-10-14-8-5-6-9-15(14)12-17/h4-6,8-9,12,16,19-20H,2-3,7,10-11,13H2,1H3/t16-,18+/m1/s1. The van der Waals surface area contributed by atoms with E-state index in [9.17, 15) is 10.2 Å². The maximum absolute atomic E-state index is 11.0. The Labute approximate surface area is 121 Å². The highest BCUT2D eigenvalue weighted by Gasteiger charge is 2.38. The fourth-order valence-corrected chi connectivity index (χ4v) is 3.09. The fourth-order valence-electron chi connectivity index (χ4n) is 3.09. The predicted octanol–water partition coefficient (Wildman–Crippen LogP) is 3.34. The first-order chi connectivity index (χ1) is 9.65. The molecule has 1 aromatic rings. The molecule has 0 saturated carbocycles. The van der Waals surface area contributed by atoms with Crippen LogP contribution in [0.25, 0.3) is 6.08 Å². The molecule has 2 atom stereocenters. The molecule has 1 aromatic carbocycles. The molecule has 0 aliphatic heterocycles. The summed E-state index contributed by atoms with van der Waals surface area (Å²) in [4.78, 5) is 0. The van der Waals surface area contributed by atoms with Gasteiger partial charge in [0.2, 0.25) is 0 Å². The monoisotopic (exact) mass is 272 g/mol. The molecule has 2 nitrogen and oxygen atoms in total. The van der Waals surface area contributed by atoms with Crippen LogP contribution < -0.4 is 0 Å². The fraction of sp³-hybridized carbons (Fsp3) is 0.444. The summed E-state index contributed by atoms with van der Waals surface area (Å²) in [5.74, 6) is -0.103. The van der Waals surface area contributed by atoms with Gasteiger partial charge in [-0.2, -0.15) is 0 Å². The lowest BCUT2D eigenvalue weighted by atomic mass is 9.74. The van der Waals surface area contributed by atoms with E-state index in [1.54, 1.807) is 6.08 Å². The van der Waals surface area contributed by atoms with Crippen LogP contribution in [0.15, 0.2) is 42.5 Å². The average molecular weight is 272 g/mol. The van der Waals surface area contributed by atoms with Gasteiger partial charge in [-0.15, -0.1) is 6.58 Å². The molecule has 0 spiro atoms. The van der Waals surface area contributed by atoms with E-state index >= 15 is 0 Å². The van der Waals surface area contributed by atoms with Crippen molar-refractivity contribution >= 4 is 6.08 Å². The highest BCUT2D eigenvalue weighted by Crippen LogP contribution is 2.37. The van der Waals surface area contributed by atoms with Gasteiger partial charge in [0.05, 0.1) is 6.61 Å². The highest BCUT2D eigenvalue weighted by molar-refractivity contribution is 5.61. The normalized spacial score (nSPS) is 18.6. The smallest absolute Gasteiger partial charge is 0.115 e. The summed E-state index contributed by atoms with van der Waals surface area (Å²) in [5, 5.41) is 20.7. The van der Waals surface area contributed by atoms with Crippen LogP contribution in [0.4, 0.5) is 0 Å². The SMILES string of the molecule is C=C[C@H](CCC)[C@@](O)(CO)C1=Cc2ccccc2CC1. The van der Waals surface area contributed by atoms with Crippen LogP contribution >= 0.6 is 0 Å². The van der Waals surface area contributed by atoms with Crippen LogP contribution in [0.5, 0.6) is 0 Å². The quantitative estimate of drug-likeness (QED) is 0.780. The summed E-state index contributed by atoms with van der Waals surface area (Å²) in [6, 6.07) is 8.24. The first-order valence-corrected chi connectivity index (χ1v) is 7.40. The second kappa shape index (κ2) is 6.38. The maximum Gasteiger partial charge on any atom is 0.115 e. The van der Waals surface area contributed by atoms with Crippen LogP contribution in [0.1, 0.15) is 37.3 Å². The minimum Gasteiger partial charge on any atom is -0.393 e. The molecule has 0 unspecified atom stereocenters. The Morgan fingerprint density at radius 2 is 2.10 bits per heavy atom. The lowest BCUT2D eigenvalue weighted by molar-refractivity contribution is -0.0204. The third-order valence-corrected chi connectivity index (χ3v) is 4.34. The van der Waals surface area contributed by atoms with Crippen LogP contribution in [0, 0.1) is 5.92 Å². The van der Waals surface area contributed by atoms with Crippen molar-refractivity contribution in [3.8, 4) is 0 Å². The van der Waals surface area contributed by atoms with Gasteiger partial charge in [-0.25, -0.2) is 0 Å². The Bertz CT molecular complexity index is 504. The van der Waals surface area contributed by atoms with Gasteiger partial charge in [0.25, 0.3) is 0 Å². The molecule has 2 heteroatoms. The molecule has 1 aliphatic carbocycles.